The monoisotopic (exact) mass is 430 g/mol. The highest BCUT2D eigenvalue weighted by molar-refractivity contribution is 7.15. The lowest BCUT2D eigenvalue weighted by Gasteiger charge is -2.16. The van der Waals surface area contributed by atoms with Crippen molar-refractivity contribution in [3.63, 3.8) is 0 Å². The van der Waals surface area contributed by atoms with E-state index in [1.54, 1.807) is 0 Å². The first-order chi connectivity index (χ1) is 12.9. The lowest BCUT2D eigenvalue weighted by atomic mass is 10.2. The highest BCUT2D eigenvalue weighted by Gasteiger charge is 2.36. The number of rotatable bonds is 5. The van der Waals surface area contributed by atoms with E-state index in [0.29, 0.717) is 0 Å². The van der Waals surface area contributed by atoms with Crippen molar-refractivity contribution in [2.24, 2.45) is 0 Å². The van der Waals surface area contributed by atoms with E-state index >= 15 is 0 Å². The molecule has 154 valence electrons. The molecule has 2 N–H and O–H groups in total. The average molecular weight is 430 g/mol. The molecule has 0 aliphatic carbocycles. The van der Waals surface area contributed by atoms with Crippen LogP contribution in [0.25, 0.3) is 0 Å². The third kappa shape index (κ3) is 5.87. The number of ether oxygens (including phenoxy) is 2. The van der Waals surface area contributed by atoms with Crippen molar-refractivity contribution in [3.05, 3.63) is 22.7 Å². The Hall–Kier alpha value is -2.77. The molecular weight excluding hydrogens is 418 g/mol. The summed E-state index contributed by atoms with van der Waals surface area (Å²) >= 11 is 0.126. The van der Waals surface area contributed by atoms with Crippen molar-refractivity contribution in [3.8, 4) is 11.5 Å². The Kier molecular flexibility index (Phi) is 6.21. The topological polar surface area (TPSA) is 85.4 Å². The molecule has 0 bridgehead atoms. The van der Waals surface area contributed by atoms with Crippen molar-refractivity contribution >= 4 is 28.2 Å². The molecule has 1 heterocycles. The molecule has 2 rings (SSSR count). The number of aryl methyl sites for hydroxylation is 1. The molecule has 0 aliphatic rings. The van der Waals surface area contributed by atoms with Crippen molar-refractivity contribution in [2.45, 2.75) is 19.3 Å². The molecule has 1 aromatic carbocycles. The van der Waals surface area contributed by atoms with Crippen LogP contribution in [0, 0.1) is 6.92 Å². The summed E-state index contributed by atoms with van der Waals surface area (Å²) in [4.78, 5) is 12.0. The summed E-state index contributed by atoms with van der Waals surface area (Å²) in [6.45, 7) is -0.0720. The molecule has 0 saturated carbocycles. The second kappa shape index (κ2) is 8.08. The maximum absolute atomic E-state index is 12.5. The molecule has 7 nitrogen and oxygen atoms in total. The number of carbonyl (C=O) groups excluding carboxylic acids is 1. The second-order valence-electron chi connectivity index (χ2n) is 5.21. The van der Waals surface area contributed by atoms with Gasteiger partial charge < -0.3 is 14.8 Å². The molecule has 2 aromatic rings. The Bertz CT molecular complexity index is 853. The van der Waals surface area contributed by atoms with Gasteiger partial charge >= 0.3 is 18.4 Å². The SMILES string of the molecule is COc1cc(OCC(F)(F)F)c(C)cc1NC(=O)Nc1nnc(C(F)(F)F)s1. The van der Waals surface area contributed by atoms with Crippen LogP contribution in [0.3, 0.4) is 0 Å². The maximum Gasteiger partial charge on any atom is 0.445 e. The van der Waals surface area contributed by atoms with Crippen molar-refractivity contribution in [2.75, 3.05) is 24.4 Å². The first-order valence-corrected chi connectivity index (χ1v) is 8.07. The van der Waals surface area contributed by atoms with E-state index in [1.165, 1.54) is 20.1 Å². The van der Waals surface area contributed by atoms with Crippen LogP contribution >= 0.6 is 11.3 Å². The van der Waals surface area contributed by atoms with Gasteiger partial charge in [-0.15, -0.1) is 10.2 Å². The summed E-state index contributed by atoms with van der Waals surface area (Å²) in [6, 6.07) is 1.47. The summed E-state index contributed by atoms with van der Waals surface area (Å²) in [5.41, 5.74) is 0.313. The first kappa shape index (κ1) is 21.5. The zero-order valence-corrected chi connectivity index (χ0v) is 15.0. The number of aromatic nitrogens is 2. The number of benzene rings is 1. The van der Waals surface area contributed by atoms with E-state index < -0.39 is 35.1 Å². The molecule has 2 amide bonds. The Morgan fingerprint density at radius 3 is 2.32 bits per heavy atom. The highest BCUT2D eigenvalue weighted by Crippen LogP contribution is 2.35. The van der Waals surface area contributed by atoms with Crippen LogP contribution in [0.4, 0.5) is 42.0 Å². The molecule has 1 aromatic heterocycles. The Morgan fingerprint density at radius 1 is 1.11 bits per heavy atom. The number of hydrogen-bond acceptors (Lipinski definition) is 6. The van der Waals surface area contributed by atoms with Crippen LogP contribution in [-0.2, 0) is 6.18 Å². The molecular formula is C14H12F6N4O3S. The van der Waals surface area contributed by atoms with Crippen LogP contribution < -0.4 is 20.1 Å². The quantitative estimate of drug-likeness (QED) is 0.685. The molecule has 0 saturated heterocycles. The van der Waals surface area contributed by atoms with Crippen LogP contribution in [0.15, 0.2) is 12.1 Å². The third-order valence-electron chi connectivity index (χ3n) is 3.02. The molecule has 0 aliphatic heterocycles. The second-order valence-corrected chi connectivity index (χ2v) is 6.19. The van der Waals surface area contributed by atoms with Gasteiger partial charge in [-0.3, -0.25) is 5.32 Å². The van der Waals surface area contributed by atoms with E-state index in [2.05, 4.69) is 25.6 Å². The predicted molar refractivity (Wildman–Crippen MR) is 86.8 cm³/mol. The van der Waals surface area contributed by atoms with E-state index in [1.807, 2.05) is 0 Å². The molecule has 0 spiro atoms. The summed E-state index contributed by atoms with van der Waals surface area (Å²) in [5, 5.41) is 8.86. The lowest BCUT2D eigenvalue weighted by Crippen LogP contribution is -2.21. The average Bonchev–Trinajstić information content (AvgIpc) is 3.01. The van der Waals surface area contributed by atoms with Gasteiger partial charge in [0.05, 0.1) is 12.8 Å². The molecule has 0 atom stereocenters. The van der Waals surface area contributed by atoms with Crippen LogP contribution in [-0.4, -0.2) is 36.1 Å². The number of methoxy groups -OCH3 is 1. The van der Waals surface area contributed by atoms with E-state index in [4.69, 9.17) is 4.74 Å². The number of anilines is 2. The molecule has 0 unspecified atom stereocenters. The zero-order chi connectivity index (χ0) is 21.1. The minimum absolute atomic E-state index is 0.0221. The molecule has 0 radical (unpaired) electrons. The standard InChI is InChI=1S/C14H12F6N4O3S/c1-6-3-7(9(26-2)4-8(6)27-5-13(15,16)17)21-11(25)22-12-24-23-10(28-12)14(18,19)20/h3-4H,5H2,1-2H3,(H2,21,22,24,25). The van der Waals surface area contributed by atoms with Crippen LogP contribution in [0.2, 0.25) is 0 Å². The van der Waals surface area contributed by atoms with Gasteiger partial charge in [0.25, 0.3) is 0 Å². The predicted octanol–water partition coefficient (Wildman–Crippen LogP) is 4.46. The number of urea groups is 1. The summed E-state index contributed by atoms with van der Waals surface area (Å²) in [5.74, 6) is -0.134. The number of hydrogen-bond donors (Lipinski definition) is 2. The Labute approximate surface area is 157 Å². The van der Waals surface area contributed by atoms with Gasteiger partial charge in [0, 0.05) is 6.07 Å². The van der Waals surface area contributed by atoms with Crippen LogP contribution in [0.1, 0.15) is 10.6 Å². The fourth-order valence-corrected chi connectivity index (χ4v) is 2.50. The van der Waals surface area contributed by atoms with E-state index in [9.17, 15) is 31.1 Å². The molecule has 28 heavy (non-hydrogen) atoms. The fraction of sp³-hybridized carbons (Fsp3) is 0.357. The smallest absolute Gasteiger partial charge is 0.445 e. The number of halogens is 6. The Morgan fingerprint density at radius 2 is 1.79 bits per heavy atom. The van der Waals surface area contributed by atoms with Gasteiger partial charge in [0.15, 0.2) is 6.61 Å². The van der Waals surface area contributed by atoms with Crippen molar-refractivity contribution < 1.29 is 40.6 Å². The van der Waals surface area contributed by atoms with E-state index in [-0.39, 0.29) is 34.1 Å². The molecule has 14 heteroatoms. The van der Waals surface area contributed by atoms with E-state index in [0.717, 1.165) is 6.07 Å². The van der Waals surface area contributed by atoms with Gasteiger partial charge in [-0.25, -0.2) is 4.79 Å². The number of carbonyl (C=O) groups is 1. The lowest BCUT2D eigenvalue weighted by molar-refractivity contribution is -0.153. The minimum Gasteiger partial charge on any atom is -0.494 e. The van der Waals surface area contributed by atoms with Gasteiger partial charge in [-0.1, -0.05) is 11.3 Å². The first-order valence-electron chi connectivity index (χ1n) is 7.26. The third-order valence-corrected chi connectivity index (χ3v) is 3.91. The number of nitrogens with zero attached hydrogens (tertiary/aromatic N) is 2. The summed E-state index contributed by atoms with van der Waals surface area (Å²) in [7, 11) is 1.21. The normalized spacial score (nSPS) is 11.9. The van der Waals surface area contributed by atoms with Gasteiger partial charge in [-0.05, 0) is 18.6 Å². The number of amides is 2. The number of alkyl halides is 6. The highest BCUT2D eigenvalue weighted by atomic mass is 32.1. The van der Waals surface area contributed by atoms with Gasteiger partial charge in [0.1, 0.15) is 11.5 Å². The van der Waals surface area contributed by atoms with Gasteiger partial charge in [0.2, 0.25) is 10.1 Å². The summed E-state index contributed by atoms with van der Waals surface area (Å²) < 4.78 is 84.0. The summed E-state index contributed by atoms with van der Waals surface area (Å²) in [6.07, 6.45) is -9.23. The maximum atomic E-state index is 12.5. The number of nitrogens with one attached hydrogen (secondary N) is 2. The fourth-order valence-electron chi connectivity index (χ4n) is 1.89. The Balaban J connectivity index is 2.11. The van der Waals surface area contributed by atoms with Crippen molar-refractivity contribution in [1.82, 2.24) is 10.2 Å². The van der Waals surface area contributed by atoms with Gasteiger partial charge in [-0.2, -0.15) is 26.3 Å². The minimum atomic E-state index is -4.69. The largest absolute Gasteiger partial charge is 0.494 e. The molecule has 0 fully saturated rings. The van der Waals surface area contributed by atoms with Crippen molar-refractivity contribution in [1.29, 1.82) is 0 Å². The van der Waals surface area contributed by atoms with Crippen LogP contribution in [0.5, 0.6) is 11.5 Å². The zero-order valence-electron chi connectivity index (χ0n) is 14.2.